The first-order valence-electron chi connectivity index (χ1n) is 4.20. The highest BCUT2D eigenvalue weighted by atomic mass is 32.2. The molecule has 1 rings (SSSR count). The Morgan fingerprint density at radius 2 is 1.93 bits per heavy atom. The maximum absolute atomic E-state index is 10.3. The fourth-order valence-electron chi connectivity index (χ4n) is 0.970. The van der Waals surface area contributed by atoms with Gasteiger partial charge in [-0.25, -0.2) is 0 Å². The van der Waals surface area contributed by atoms with Gasteiger partial charge in [0.1, 0.15) is 5.75 Å². The first-order valence-corrected chi connectivity index (χ1v) is 5.28. The van der Waals surface area contributed by atoms with Crippen molar-refractivity contribution >= 4 is 17.0 Å². The third-order valence-electron chi connectivity index (χ3n) is 1.43. The normalized spacial score (nSPS) is 12.6. The van der Waals surface area contributed by atoms with Crippen LogP contribution in [0.15, 0.2) is 24.3 Å². The molecule has 0 saturated heterocycles. The van der Waals surface area contributed by atoms with E-state index in [1.54, 1.807) is 24.3 Å². The van der Waals surface area contributed by atoms with Crippen LogP contribution in [0, 0.1) is 0 Å². The van der Waals surface area contributed by atoms with Gasteiger partial charge in [-0.2, -0.15) is 0 Å². The van der Waals surface area contributed by atoms with Gasteiger partial charge in [-0.05, 0) is 38.1 Å². The van der Waals surface area contributed by atoms with Crippen molar-refractivity contribution in [3.05, 3.63) is 24.3 Å². The third kappa shape index (κ3) is 3.76. The van der Waals surface area contributed by atoms with Crippen LogP contribution in [0.3, 0.4) is 0 Å². The zero-order chi connectivity index (χ0) is 10.6. The van der Waals surface area contributed by atoms with Gasteiger partial charge in [0.25, 0.3) is 0 Å². The Kier molecular flexibility index (Phi) is 3.91. The van der Waals surface area contributed by atoms with Crippen LogP contribution in [0.5, 0.6) is 5.75 Å². The van der Waals surface area contributed by atoms with Crippen molar-refractivity contribution in [3.63, 3.8) is 0 Å². The average molecular weight is 214 g/mol. The number of benzene rings is 1. The zero-order valence-electron chi connectivity index (χ0n) is 8.02. The van der Waals surface area contributed by atoms with Gasteiger partial charge in [0, 0.05) is 17.0 Å². The first-order chi connectivity index (χ1) is 6.58. The SMILES string of the molecule is CC(C)Oc1ccc(NS(=O)[O-])cc1. The highest BCUT2D eigenvalue weighted by molar-refractivity contribution is 7.80. The molecule has 1 atom stereocenters. The van der Waals surface area contributed by atoms with Gasteiger partial charge >= 0.3 is 0 Å². The van der Waals surface area contributed by atoms with E-state index in [0.29, 0.717) is 5.69 Å². The van der Waals surface area contributed by atoms with Crippen LogP contribution in [0.2, 0.25) is 0 Å². The largest absolute Gasteiger partial charge is 0.755 e. The highest BCUT2D eigenvalue weighted by Gasteiger charge is 1.97. The number of anilines is 1. The minimum absolute atomic E-state index is 0.113. The molecule has 5 heteroatoms. The molecule has 0 bridgehead atoms. The molecule has 1 aromatic carbocycles. The van der Waals surface area contributed by atoms with Crippen LogP contribution < -0.4 is 9.46 Å². The Morgan fingerprint density at radius 3 is 2.36 bits per heavy atom. The Balaban J connectivity index is 2.63. The molecule has 0 aliphatic carbocycles. The molecule has 0 amide bonds. The summed E-state index contributed by atoms with van der Waals surface area (Å²) in [6, 6.07) is 6.73. The highest BCUT2D eigenvalue weighted by Crippen LogP contribution is 2.16. The number of hydrogen-bond donors (Lipinski definition) is 1. The monoisotopic (exact) mass is 214 g/mol. The molecule has 0 aromatic heterocycles. The van der Waals surface area contributed by atoms with Crippen molar-refractivity contribution < 1.29 is 13.5 Å². The first kappa shape index (κ1) is 11.0. The lowest BCUT2D eigenvalue weighted by Crippen LogP contribution is -2.06. The van der Waals surface area contributed by atoms with Crippen molar-refractivity contribution in [2.24, 2.45) is 0 Å². The van der Waals surface area contributed by atoms with Gasteiger partial charge in [0.2, 0.25) is 0 Å². The molecule has 0 aliphatic rings. The Labute approximate surface area is 85.7 Å². The fourth-order valence-corrected chi connectivity index (χ4v) is 1.30. The van der Waals surface area contributed by atoms with E-state index in [0.717, 1.165) is 5.75 Å². The maximum Gasteiger partial charge on any atom is 0.119 e. The molecule has 1 aromatic rings. The molecule has 0 aliphatic heterocycles. The molecule has 4 nitrogen and oxygen atoms in total. The summed E-state index contributed by atoms with van der Waals surface area (Å²) >= 11 is -2.27. The molecule has 0 heterocycles. The summed E-state index contributed by atoms with van der Waals surface area (Å²) in [5.41, 5.74) is 0.523. The summed E-state index contributed by atoms with van der Waals surface area (Å²) in [6.07, 6.45) is 0.113. The summed E-state index contributed by atoms with van der Waals surface area (Å²) < 4.78 is 28.2. The summed E-state index contributed by atoms with van der Waals surface area (Å²) in [7, 11) is 0. The van der Waals surface area contributed by atoms with Crippen molar-refractivity contribution in [1.82, 2.24) is 0 Å². The smallest absolute Gasteiger partial charge is 0.119 e. The predicted molar refractivity (Wildman–Crippen MR) is 54.7 cm³/mol. The van der Waals surface area contributed by atoms with E-state index < -0.39 is 11.3 Å². The molecule has 0 saturated carbocycles. The standard InChI is InChI=1S/C9H13NO3S/c1-7(2)13-9-5-3-8(4-6-9)10-14(11)12/h3-7,10H,1-2H3,(H,11,12)/p-1. The second kappa shape index (κ2) is 4.97. The number of nitrogens with one attached hydrogen (secondary N) is 1. The zero-order valence-corrected chi connectivity index (χ0v) is 8.84. The number of hydrogen-bond acceptors (Lipinski definition) is 3. The quantitative estimate of drug-likeness (QED) is 0.776. The lowest BCUT2D eigenvalue weighted by atomic mass is 10.3. The van der Waals surface area contributed by atoms with Crippen LogP contribution in [-0.4, -0.2) is 14.9 Å². The van der Waals surface area contributed by atoms with Crippen LogP contribution in [-0.2, 0) is 11.3 Å². The van der Waals surface area contributed by atoms with Crippen molar-refractivity contribution in [2.45, 2.75) is 20.0 Å². The molecular weight excluding hydrogens is 202 g/mol. The molecule has 14 heavy (non-hydrogen) atoms. The Bertz CT molecular complexity index is 310. The van der Waals surface area contributed by atoms with Crippen molar-refractivity contribution in [1.29, 1.82) is 0 Å². The van der Waals surface area contributed by atoms with Gasteiger partial charge in [0.05, 0.1) is 6.10 Å². The van der Waals surface area contributed by atoms with Gasteiger partial charge in [-0.3, -0.25) is 4.21 Å². The van der Waals surface area contributed by atoms with E-state index in [4.69, 9.17) is 4.74 Å². The minimum atomic E-state index is -2.27. The van der Waals surface area contributed by atoms with Crippen molar-refractivity contribution in [3.8, 4) is 5.75 Å². The topological polar surface area (TPSA) is 61.4 Å². The van der Waals surface area contributed by atoms with Crippen LogP contribution in [0.4, 0.5) is 5.69 Å². The molecule has 0 radical (unpaired) electrons. The van der Waals surface area contributed by atoms with Crippen LogP contribution in [0.1, 0.15) is 13.8 Å². The van der Waals surface area contributed by atoms with Gasteiger partial charge in [-0.1, -0.05) is 0 Å². The van der Waals surface area contributed by atoms with Crippen LogP contribution >= 0.6 is 0 Å². The molecule has 0 spiro atoms. The molecule has 1 unspecified atom stereocenters. The minimum Gasteiger partial charge on any atom is -0.755 e. The number of rotatable bonds is 4. The molecular formula is C9H12NO3S-. The fraction of sp³-hybridized carbons (Fsp3) is 0.333. The Morgan fingerprint density at radius 1 is 1.36 bits per heavy atom. The van der Waals surface area contributed by atoms with E-state index in [1.807, 2.05) is 13.8 Å². The van der Waals surface area contributed by atoms with Crippen molar-refractivity contribution in [2.75, 3.05) is 4.72 Å². The predicted octanol–water partition coefficient (Wildman–Crippen LogP) is 1.68. The van der Waals surface area contributed by atoms with Crippen LogP contribution in [0.25, 0.3) is 0 Å². The van der Waals surface area contributed by atoms with Gasteiger partial charge < -0.3 is 14.0 Å². The van der Waals surface area contributed by atoms with E-state index >= 15 is 0 Å². The average Bonchev–Trinajstić information content (AvgIpc) is 2.06. The van der Waals surface area contributed by atoms with E-state index in [2.05, 4.69) is 4.72 Å². The summed E-state index contributed by atoms with van der Waals surface area (Å²) in [5, 5.41) is 0. The molecule has 1 N–H and O–H groups in total. The third-order valence-corrected chi connectivity index (χ3v) is 1.83. The summed E-state index contributed by atoms with van der Waals surface area (Å²) in [6.45, 7) is 3.86. The lowest BCUT2D eigenvalue weighted by Gasteiger charge is -2.11. The Hall–Kier alpha value is -1.07. The van der Waals surface area contributed by atoms with E-state index in [9.17, 15) is 8.76 Å². The molecule has 78 valence electrons. The van der Waals surface area contributed by atoms with Gasteiger partial charge in [-0.15, -0.1) is 0 Å². The maximum atomic E-state index is 10.3. The van der Waals surface area contributed by atoms with E-state index in [-0.39, 0.29) is 6.10 Å². The summed E-state index contributed by atoms with van der Waals surface area (Å²) in [5.74, 6) is 0.724. The summed E-state index contributed by atoms with van der Waals surface area (Å²) in [4.78, 5) is 0. The van der Waals surface area contributed by atoms with Gasteiger partial charge in [0.15, 0.2) is 0 Å². The second-order valence-electron chi connectivity index (χ2n) is 3.03. The second-order valence-corrected chi connectivity index (χ2v) is 3.70. The lowest BCUT2D eigenvalue weighted by molar-refractivity contribution is 0.242. The number of ether oxygens (including phenoxy) is 1. The molecule has 0 fully saturated rings. The van der Waals surface area contributed by atoms with E-state index in [1.165, 1.54) is 0 Å².